The molecule has 1 aromatic rings. The molecule has 1 aromatic carbocycles. The Morgan fingerprint density at radius 2 is 1.94 bits per heavy atom. The third-order valence-electron chi connectivity index (χ3n) is 1.94. The Hall–Kier alpha value is -1.42. The molecule has 0 aliphatic rings. The molecule has 0 radical (unpaired) electrons. The van der Waals surface area contributed by atoms with Gasteiger partial charge in [-0.1, -0.05) is 11.6 Å². The van der Waals surface area contributed by atoms with Crippen molar-refractivity contribution in [2.24, 2.45) is 0 Å². The Kier molecular flexibility index (Phi) is 3.88. The van der Waals surface area contributed by atoms with E-state index in [1.54, 1.807) is 20.8 Å². The summed E-state index contributed by atoms with van der Waals surface area (Å²) in [6.45, 7) is 5.35. The highest BCUT2D eigenvalue weighted by Crippen LogP contribution is 2.30. The number of rotatable bonds is 2. The average molecular weight is 258 g/mol. The van der Waals surface area contributed by atoms with Gasteiger partial charge in [0.05, 0.1) is 17.7 Å². The van der Waals surface area contributed by atoms with E-state index in [4.69, 9.17) is 26.8 Å². The number of ether oxygens (including phenoxy) is 2. The van der Waals surface area contributed by atoms with E-state index < -0.39 is 11.6 Å². The van der Waals surface area contributed by atoms with Crippen molar-refractivity contribution in [2.75, 3.05) is 12.8 Å². The fraction of sp³-hybridized carbons (Fsp3) is 0.417. The van der Waals surface area contributed by atoms with Crippen LogP contribution in [0.2, 0.25) is 5.02 Å². The number of hydrogen-bond donors (Lipinski definition) is 1. The molecule has 4 nitrogen and oxygen atoms in total. The Balaban J connectivity index is 3.07. The van der Waals surface area contributed by atoms with E-state index in [1.165, 1.54) is 19.2 Å². The standard InChI is InChI=1S/C12H16ClNO3/c1-12(2,3)17-11(15)7-5-8(13)10(16-4)6-9(7)14/h5-6H,14H2,1-4H3. The topological polar surface area (TPSA) is 61.5 Å². The normalized spacial score (nSPS) is 11.1. The van der Waals surface area contributed by atoms with Gasteiger partial charge < -0.3 is 15.2 Å². The largest absolute Gasteiger partial charge is 0.495 e. The Morgan fingerprint density at radius 1 is 1.35 bits per heavy atom. The number of halogens is 1. The van der Waals surface area contributed by atoms with Crippen molar-refractivity contribution in [3.05, 3.63) is 22.7 Å². The van der Waals surface area contributed by atoms with Crippen molar-refractivity contribution in [1.82, 2.24) is 0 Å². The second-order valence-electron chi connectivity index (χ2n) is 4.58. The number of hydrogen-bond acceptors (Lipinski definition) is 4. The second-order valence-corrected chi connectivity index (χ2v) is 4.98. The van der Waals surface area contributed by atoms with Gasteiger partial charge in [-0.25, -0.2) is 4.79 Å². The van der Waals surface area contributed by atoms with E-state index in [9.17, 15) is 4.79 Å². The van der Waals surface area contributed by atoms with Gasteiger partial charge >= 0.3 is 5.97 Å². The lowest BCUT2D eigenvalue weighted by Gasteiger charge is -2.20. The first-order valence-electron chi connectivity index (χ1n) is 5.11. The van der Waals surface area contributed by atoms with Crippen LogP contribution in [0.4, 0.5) is 5.69 Å². The molecule has 0 atom stereocenters. The van der Waals surface area contributed by atoms with E-state index in [1.807, 2.05) is 0 Å². The van der Waals surface area contributed by atoms with Crippen LogP contribution in [-0.4, -0.2) is 18.7 Å². The highest BCUT2D eigenvalue weighted by atomic mass is 35.5. The molecule has 0 bridgehead atoms. The van der Waals surface area contributed by atoms with E-state index in [0.717, 1.165) is 0 Å². The fourth-order valence-electron chi connectivity index (χ4n) is 1.24. The molecule has 0 aliphatic carbocycles. The molecule has 0 unspecified atom stereocenters. The summed E-state index contributed by atoms with van der Waals surface area (Å²) in [5.41, 5.74) is 5.69. The van der Waals surface area contributed by atoms with Crippen LogP contribution < -0.4 is 10.5 Å². The Bertz CT molecular complexity index is 438. The van der Waals surface area contributed by atoms with Crippen LogP contribution in [-0.2, 0) is 4.74 Å². The molecular formula is C12H16ClNO3. The highest BCUT2D eigenvalue weighted by molar-refractivity contribution is 6.32. The average Bonchev–Trinajstić information content (AvgIpc) is 2.18. The van der Waals surface area contributed by atoms with Gasteiger partial charge in [0.1, 0.15) is 11.4 Å². The van der Waals surface area contributed by atoms with Crippen LogP contribution in [0.15, 0.2) is 12.1 Å². The van der Waals surface area contributed by atoms with E-state index in [2.05, 4.69) is 0 Å². The first-order chi connectivity index (χ1) is 7.74. The second kappa shape index (κ2) is 4.84. The number of esters is 1. The minimum atomic E-state index is -0.573. The summed E-state index contributed by atoms with van der Waals surface area (Å²) in [5, 5.41) is 0.322. The molecule has 0 heterocycles. The maximum absolute atomic E-state index is 11.8. The van der Waals surface area contributed by atoms with Gasteiger partial charge in [-0.3, -0.25) is 0 Å². The Labute approximate surface area is 106 Å². The molecule has 1 rings (SSSR count). The quantitative estimate of drug-likeness (QED) is 0.654. The van der Waals surface area contributed by atoms with E-state index in [0.29, 0.717) is 10.8 Å². The van der Waals surface area contributed by atoms with Crippen molar-refractivity contribution in [1.29, 1.82) is 0 Å². The molecule has 5 heteroatoms. The van der Waals surface area contributed by atoms with Crippen molar-refractivity contribution in [3.63, 3.8) is 0 Å². The number of nitrogen functional groups attached to an aromatic ring is 1. The van der Waals surface area contributed by atoms with Gasteiger partial charge in [0.2, 0.25) is 0 Å². The Morgan fingerprint density at radius 3 is 2.41 bits per heavy atom. The fourth-order valence-corrected chi connectivity index (χ4v) is 1.48. The molecule has 0 saturated heterocycles. The summed E-state index contributed by atoms with van der Waals surface area (Å²) in [6, 6.07) is 2.95. The SMILES string of the molecule is COc1cc(N)c(C(=O)OC(C)(C)C)cc1Cl. The van der Waals surface area contributed by atoms with E-state index >= 15 is 0 Å². The van der Waals surface area contributed by atoms with Gasteiger partial charge in [-0.2, -0.15) is 0 Å². The molecule has 0 saturated carbocycles. The van der Waals surface area contributed by atoms with Crippen molar-refractivity contribution < 1.29 is 14.3 Å². The van der Waals surface area contributed by atoms with Crippen LogP contribution in [0.25, 0.3) is 0 Å². The van der Waals surface area contributed by atoms with Crippen molar-refractivity contribution in [2.45, 2.75) is 26.4 Å². The van der Waals surface area contributed by atoms with Crippen LogP contribution >= 0.6 is 11.6 Å². The van der Waals surface area contributed by atoms with Crippen LogP contribution in [0, 0.1) is 0 Å². The molecule has 2 N–H and O–H groups in total. The summed E-state index contributed by atoms with van der Waals surface area (Å²) >= 11 is 5.93. The zero-order chi connectivity index (χ0) is 13.2. The molecule has 0 aromatic heterocycles. The lowest BCUT2D eigenvalue weighted by Crippen LogP contribution is -2.24. The third-order valence-corrected chi connectivity index (χ3v) is 2.24. The monoisotopic (exact) mass is 257 g/mol. The van der Waals surface area contributed by atoms with Gasteiger partial charge in [-0.05, 0) is 26.8 Å². The maximum Gasteiger partial charge on any atom is 0.340 e. The number of carbonyl (C=O) groups excluding carboxylic acids is 1. The van der Waals surface area contributed by atoms with Crippen LogP contribution in [0.3, 0.4) is 0 Å². The number of benzene rings is 1. The van der Waals surface area contributed by atoms with Gasteiger partial charge in [-0.15, -0.1) is 0 Å². The zero-order valence-corrected chi connectivity index (χ0v) is 11.1. The summed E-state index contributed by atoms with van der Waals surface area (Å²) in [6.07, 6.45) is 0. The smallest absolute Gasteiger partial charge is 0.340 e. The number of methoxy groups -OCH3 is 1. The molecule has 0 fully saturated rings. The maximum atomic E-state index is 11.8. The van der Waals surface area contributed by atoms with Gasteiger partial charge in [0, 0.05) is 11.8 Å². The van der Waals surface area contributed by atoms with Crippen molar-refractivity contribution >= 4 is 23.3 Å². The van der Waals surface area contributed by atoms with Crippen molar-refractivity contribution in [3.8, 4) is 5.75 Å². The molecule has 17 heavy (non-hydrogen) atoms. The van der Waals surface area contributed by atoms with Gasteiger partial charge in [0.25, 0.3) is 0 Å². The summed E-state index contributed by atoms with van der Waals surface area (Å²) in [4.78, 5) is 11.8. The first kappa shape index (κ1) is 13.6. The lowest BCUT2D eigenvalue weighted by molar-refractivity contribution is 0.00708. The molecular weight excluding hydrogens is 242 g/mol. The number of anilines is 1. The number of carbonyl (C=O) groups is 1. The highest BCUT2D eigenvalue weighted by Gasteiger charge is 2.21. The van der Waals surface area contributed by atoms with Gasteiger partial charge in [0.15, 0.2) is 0 Å². The molecule has 94 valence electrons. The summed E-state index contributed by atoms with van der Waals surface area (Å²) < 4.78 is 10.2. The lowest BCUT2D eigenvalue weighted by atomic mass is 10.1. The summed E-state index contributed by atoms with van der Waals surface area (Å²) in [7, 11) is 1.48. The molecule has 0 spiro atoms. The predicted molar refractivity (Wildman–Crippen MR) is 67.6 cm³/mol. The molecule has 0 aliphatic heterocycles. The van der Waals surface area contributed by atoms with E-state index in [-0.39, 0.29) is 11.3 Å². The molecule has 0 amide bonds. The first-order valence-corrected chi connectivity index (χ1v) is 5.49. The minimum absolute atomic E-state index is 0.241. The van der Waals surface area contributed by atoms with Crippen LogP contribution in [0.5, 0.6) is 5.75 Å². The van der Waals surface area contributed by atoms with Crippen LogP contribution in [0.1, 0.15) is 31.1 Å². The summed E-state index contributed by atoms with van der Waals surface area (Å²) in [5.74, 6) is -0.0731. The predicted octanol–water partition coefficient (Wildman–Crippen LogP) is 2.89. The number of nitrogens with two attached hydrogens (primary N) is 1. The zero-order valence-electron chi connectivity index (χ0n) is 10.3. The third kappa shape index (κ3) is 3.53. The minimum Gasteiger partial charge on any atom is -0.495 e.